The van der Waals surface area contributed by atoms with Gasteiger partial charge in [-0.25, -0.2) is 4.39 Å². The quantitative estimate of drug-likeness (QED) is 0.803. The van der Waals surface area contributed by atoms with Gasteiger partial charge in [0.05, 0.1) is 15.2 Å². The van der Waals surface area contributed by atoms with Crippen molar-refractivity contribution >= 4 is 34.2 Å². The van der Waals surface area contributed by atoms with Crippen molar-refractivity contribution in [2.24, 2.45) is 11.7 Å². The number of nitrogens with two attached hydrogens (primary N) is 1. The highest BCUT2D eigenvalue weighted by Crippen LogP contribution is 2.21. The van der Waals surface area contributed by atoms with Crippen molar-refractivity contribution in [3.05, 3.63) is 27.6 Å². The molecule has 17 heavy (non-hydrogen) atoms. The highest BCUT2D eigenvalue weighted by atomic mass is 127. The van der Waals surface area contributed by atoms with E-state index in [1.54, 1.807) is 12.1 Å². The fourth-order valence-electron chi connectivity index (χ4n) is 1.54. The minimum Gasteiger partial charge on any atom is -0.330 e. The van der Waals surface area contributed by atoms with Gasteiger partial charge in [0.15, 0.2) is 0 Å². The van der Waals surface area contributed by atoms with Crippen LogP contribution in [0.1, 0.15) is 19.8 Å². The van der Waals surface area contributed by atoms with Gasteiger partial charge in [0, 0.05) is 6.54 Å². The fourth-order valence-corrected chi connectivity index (χ4v) is 2.03. The Morgan fingerprint density at radius 2 is 2.29 bits per heavy atom. The molecule has 1 aromatic rings. The maximum Gasteiger partial charge on any atom is 0.228 e. The van der Waals surface area contributed by atoms with Gasteiger partial charge < -0.3 is 11.1 Å². The molecule has 5 heteroatoms. The van der Waals surface area contributed by atoms with Crippen LogP contribution in [0.2, 0.25) is 0 Å². The summed E-state index contributed by atoms with van der Waals surface area (Å²) in [5.74, 6) is -0.680. The summed E-state index contributed by atoms with van der Waals surface area (Å²) in [5, 5.41) is 2.72. The number of carbonyl (C=O) groups is 1. The maximum absolute atomic E-state index is 13.3. The Kier molecular flexibility index (Phi) is 5.84. The Balaban J connectivity index is 2.76. The molecule has 0 saturated carbocycles. The Bertz CT molecular complexity index is 398. The molecule has 94 valence electrons. The van der Waals surface area contributed by atoms with E-state index in [4.69, 9.17) is 5.73 Å². The van der Waals surface area contributed by atoms with Crippen molar-refractivity contribution in [3.8, 4) is 0 Å². The lowest BCUT2D eigenvalue weighted by Gasteiger charge is -2.14. The first-order valence-electron chi connectivity index (χ1n) is 5.55. The number of hydrogen-bond donors (Lipinski definition) is 2. The van der Waals surface area contributed by atoms with Crippen molar-refractivity contribution < 1.29 is 9.18 Å². The third-order valence-electron chi connectivity index (χ3n) is 2.50. The third-order valence-corrected chi connectivity index (χ3v) is 3.60. The molecule has 0 aliphatic rings. The number of carbonyl (C=O) groups excluding carboxylic acids is 1. The number of anilines is 1. The Morgan fingerprint density at radius 1 is 1.59 bits per heavy atom. The van der Waals surface area contributed by atoms with Gasteiger partial charge in [-0.3, -0.25) is 4.79 Å². The number of benzene rings is 1. The zero-order chi connectivity index (χ0) is 12.8. The first-order valence-corrected chi connectivity index (χ1v) is 6.63. The summed E-state index contributed by atoms with van der Waals surface area (Å²) < 4.78 is 13.7. The van der Waals surface area contributed by atoms with Crippen molar-refractivity contribution in [3.63, 3.8) is 0 Å². The van der Waals surface area contributed by atoms with E-state index in [0.717, 1.165) is 12.8 Å². The molecule has 1 unspecified atom stereocenters. The fraction of sp³-hybridized carbons (Fsp3) is 0.417. The SMILES string of the molecule is CCCC(CN)C(=O)Nc1cccc(F)c1I. The summed E-state index contributed by atoms with van der Waals surface area (Å²) in [7, 11) is 0. The van der Waals surface area contributed by atoms with Crippen LogP contribution in [-0.2, 0) is 4.79 Å². The second-order valence-electron chi connectivity index (χ2n) is 3.81. The molecule has 0 fully saturated rings. The number of rotatable bonds is 5. The molecular weight excluding hydrogens is 334 g/mol. The molecule has 0 radical (unpaired) electrons. The van der Waals surface area contributed by atoms with Crippen LogP contribution in [0.5, 0.6) is 0 Å². The number of halogens is 2. The molecule has 0 heterocycles. The normalized spacial score (nSPS) is 12.2. The summed E-state index contributed by atoms with van der Waals surface area (Å²) in [5.41, 5.74) is 6.05. The first-order chi connectivity index (χ1) is 8.10. The van der Waals surface area contributed by atoms with E-state index in [1.165, 1.54) is 6.07 Å². The maximum atomic E-state index is 13.3. The molecule has 0 aliphatic heterocycles. The second-order valence-corrected chi connectivity index (χ2v) is 4.89. The third kappa shape index (κ3) is 3.92. The van der Waals surface area contributed by atoms with Gasteiger partial charge in [-0.05, 0) is 41.1 Å². The van der Waals surface area contributed by atoms with E-state index in [-0.39, 0.29) is 17.6 Å². The number of nitrogens with one attached hydrogen (secondary N) is 1. The molecule has 0 spiro atoms. The Morgan fingerprint density at radius 3 is 2.88 bits per heavy atom. The van der Waals surface area contributed by atoms with Gasteiger partial charge in [-0.15, -0.1) is 0 Å². The van der Waals surface area contributed by atoms with Crippen LogP contribution in [0.15, 0.2) is 18.2 Å². The molecule has 0 bridgehead atoms. The van der Waals surface area contributed by atoms with Crippen molar-refractivity contribution in [2.75, 3.05) is 11.9 Å². The average molecular weight is 350 g/mol. The molecule has 3 nitrogen and oxygen atoms in total. The van der Waals surface area contributed by atoms with Crippen LogP contribution in [-0.4, -0.2) is 12.5 Å². The summed E-state index contributed by atoms with van der Waals surface area (Å²) in [6.07, 6.45) is 1.64. The van der Waals surface area contributed by atoms with E-state index >= 15 is 0 Å². The Hall–Kier alpha value is -0.690. The largest absolute Gasteiger partial charge is 0.330 e. The van der Waals surface area contributed by atoms with Crippen LogP contribution in [0, 0.1) is 15.3 Å². The predicted octanol–water partition coefficient (Wildman–Crippen LogP) is 2.74. The van der Waals surface area contributed by atoms with E-state index < -0.39 is 0 Å². The summed E-state index contributed by atoms with van der Waals surface area (Å²) in [4.78, 5) is 11.9. The molecule has 1 rings (SSSR count). The van der Waals surface area contributed by atoms with E-state index in [2.05, 4.69) is 5.32 Å². The molecule has 0 aromatic heterocycles. The zero-order valence-corrected chi connectivity index (χ0v) is 11.8. The minimum atomic E-state index is -0.330. The average Bonchev–Trinajstić information content (AvgIpc) is 2.31. The molecule has 3 N–H and O–H groups in total. The lowest BCUT2D eigenvalue weighted by molar-refractivity contribution is -0.119. The van der Waals surface area contributed by atoms with Crippen LogP contribution in [0.25, 0.3) is 0 Å². The lowest BCUT2D eigenvalue weighted by atomic mass is 10.0. The molecule has 0 aliphatic carbocycles. The van der Waals surface area contributed by atoms with Gasteiger partial charge in [0.1, 0.15) is 5.82 Å². The van der Waals surface area contributed by atoms with E-state index in [9.17, 15) is 9.18 Å². The van der Waals surface area contributed by atoms with Crippen molar-refractivity contribution in [1.82, 2.24) is 0 Å². The second kappa shape index (κ2) is 6.90. The van der Waals surface area contributed by atoms with Crippen LogP contribution in [0.4, 0.5) is 10.1 Å². The predicted molar refractivity (Wildman–Crippen MR) is 75.2 cm³/mol. The highest BCUT2D eigenvalue weighted by molar-refractivity contribution is 14.1. The van der Waals surface area contributed by atoms with Gasteiger partial charge in [-0.2, -0.15) is 0 Å². The Labute approximate surface area is 114 Å². The zero-order valence-electron chi connectivity index (χ0n) is 9.67. The van der Waals surface area contributed by atoms with Crippen molar-refractivity contribution in [1.29, 1.82) is 0 Å². The van der Waals surface area contributed by atoms with Gasteiger partial charge in [0.25, 0.3) is 0 Å². The van der Waals surface area contributed by atoms with Gasteiger partial charge in [-0.1, -0.05) is 19.4 Å². The van der Waals surface area contributed by atoms with E-state index in [0.29, 0.717) is 15.8 Å². The lowest BCUT2D eigenvalue weighted by Crippen LogP contribution is -2.29. The van der Waals surface area contributed by atoms with Crippen LogP contribution in [0.3, 0.4) is 0 Å². The molecule has 1 amide bonds. The monoisotopic (exact) mass is 350 g/mol. The van der Waals surface area contributed by atoms with Crippen LogP contribution >= 0.6 is 22.6 Å². The summed E-state index contributed by atoms with van der Waals surface area (Å²) in [6, 6.07) is 4.62. The van der Waals surface area contributed by atoms with Gasteiger partial charge in [0.2, 0.25) is 5.91 Å². The molecule has 1 aromatic carbocycles. The molecule has 0 saturated heterocycles. The topological polar surface area (TPSA) is 55.1 Å². The first kappa shape index (κ1) is 14.4. The molecule has 1 atom stereocenters. The molecular formula is C12H16FIN2O. The van der Waals surface area contributed by atoms with Gasteiger partial charge >= 0.3 is 0 Å². The van der Waals surface area contributed by atoms with E-state index in [1.807, 2.05) is 29.5 Å². The number of hydrogen-bond acceptors (Lipinski definition) is 2. The highest BCUT2D eigenvalue weighted by Gasteiger charge is 2.17. The van der Waals surface area contributed by atoms with Crippen molar-refractivity contribution in [2.45, 2.75) is 19.8 Å². The minimum absolute atomic E-state index is 0.141. The van der Waals surface area contributed by atoms with Crippen LogP contribution < -0.4 is 11.1 Å². The number of amides is 1. The standard InChI is InChI=1S/C12H16FIN2O/c1-2-4-8(7-15)12(17)16-10-6-3-5-9(13)11(10)14/h3,5-6,8H,2,4,7,15H2,1H3,(H,16,17). The summed E-state index contributed by atoms with van der Waals surface area (Å²) in [6.45, 7) is 2.31. The summed E-state index contributed by atoms with van der Waals surface area (Å²) >= 11 is 1.87. The smallest absolute Gasteiger partial charge is 0.228 e.